The van der Waals surface area contributed by atoms with Crippen LogP contribution in [-0.4, -0.2) is 11.7 Å². The zero-order valence-corrected chi connectivity index (χ0v) is 6.80. The Balaban J connectivity index is 2.13. The summed E-state index contributed by atoms with van der Waals surface area (Å²) in [5, 5.41) is 3.66. The zero-order chi connectivity index (χ0) is 8.10. The second-order valence-electron chi connectivity index (χ2n) is 2.75. The van der Waals surface area contributed by atoms with Gasteiger partial charge in [-0.05, 0) is 12.8 Å². The summed E-state index contributed by atoms with van der Waals surface area (Å²) in [6, 6.07) is 0. The van der Waals surface area contributed by atoms with Crippen molar-refractivity contribution in [1.29, 1.82) is 0 Å². The monoisotopic (exact) mass is 155 g/mol. The lowest BCUT2D eigenvalue weighted by Gasteiger charge is -1.93. The first-order valence-electron chi connectivity index (χ1n) is 4.08. The second-order valence-corrected chi connectivity index (χ2v) is 2.75. The predicted octanol–water partition coefficient (Wildman–Crippen LogP) is 1.87. The van der Waals surface area contributed by atoms with Crippen molar-refractivity contribution in [3.63, 3.8) is 0 Å². The molecule has 0 aromatic rings. The highest BCUT2D eigenvalue weighted by Gasteiger charge is 2.15. The number of rotatable bonds is 4. The van der Waals surface area contributed by atoms with E-state index in [9.17, 15) is 4.79 Å². The lowest BCUT2D eigenvalue weighted by molar-refractivity contribution is -0.140. The summed E-state index contributed by atoms with van der Waals surface area (Å²) in [4.78, 5) is 15.0. The molecular weight excluding hydrogens is 142 g/mol. The van der Waals surface area contributed by atoms with Gasteiger partial charge in [0.25, 0.3) is 0 Å². The van der Waals surface area contributed by atoms with Crippen molar-refractivity contribution >= 4 is 11.7 Å². The molecule has 1 rings (SSSR count). The van der Waals surface area contributed by atoms with E-state index in [0.29, 0.717) is 6.42 Å². The van der Waals surface area contributed by atoms with E-state index in [1.54, 1.807) is 0 Å². The number of carbonyl (C=O) groups excluding carboxylic acids is 1. The second kappa shape index (κ2) is 4.11. The number of hydrogen-bond acceptors (Lipinski definition) is 3. The van der Waals surface area contributed by atoms with Gasteiger partial charge in [-0.15, -0.1) is 0 Å². The number of nitrogens with zero attached hydrogens (tertiary/aromatic N) is 1. The molecule has 0 unspecified atom stereocenters. The molecule has 0 N–H and O–H groups in total. The van der Waals surface area contributed by atoms with Crippen molar-refractivity contribution < 1.29 is 9.63 Å². The van der Waals surface area contributed by atoms with Crippen molar-refractivity contribution in [2.24, 2.45) is 5.16 Å². The van der Waals surface area contributed by atoms with Gasteiger partial charge >= 0.3 is 5.97 Å². The quantitative estimate of drug-likeness (QED) is 0.459. The van der Waals surface area contributed by atoms with Gasteiger partial charge in [-0.2, -0.15) is 0 Å². The Morgan fingerprint density at radius 3 is 2.91 bits per heavy atom. The van der Waals surface area contributed by atoms with Crippen molar-refractivity contribution in [2.45, 2.75) is 39.0 Å². The molecule has 0 saturated carbocycles. The molecule has 0 fully saturated rings. The summed E-state index contributed by atoms with van der Waals surface area (Å²) in [5.41, 5.74) is 0.906. The minimum absolute atomic E-state index is 0.212. The molecule has 0 saturated heterocycles. The molecule has 0 atom stereocenters. The third-order valence-electron chi connectivity index (χ3n) is 1.69. The van der Waals surface area contributed by atoms with Crippen LogP contribution in [0.4, 0.5) is 0 Å². The summed E-state index contributed by atoms with van der Waals surface area (Å²) in [6.07, 6.45) is 4.84. The summed E-state index contributed by atoms with van der Waals surface area (Å²) in [5.74, 6) is -0.212. The van der Waals surface area contributed by atoms with Crippen molar-refractivity contribution in [3.05, 3.63) is 0 Å². The predicted molar refractivity (Wildman–Crippen MR) is 42.3 cm³/mol. The minimum atomic E-state index is -0.212. The molecule has 0 aromatic carbocycles. The Bertz CT molecular complexity index is 175. The molecule has 1 aliphatic heterocycles. The lowest BCUT2D eigenvalue weighted by atomic mass is 10.1. The number of unbranched alkanes of at least 4 members (excludes halogenated alkanes) is 2. The van der Waals surface area contributed by atoms with Gasteiger partial charge in [0.15, 0.2) is 0 Å². The van der Waals surface area contributed by atoms with Crippen molar-refractivity contribution in [1.82, 2.24) is 0 Å². The van der Waals surface area contributed by atoms with E-state index >= 15 is 0 Å². The van der Waals surface area contributed by atoms with E-state index in [2.05, 4.69) is 16.9 Å². The topological polar surface area (TPSA) is 38.7 Å². The molecule has 0 radical (unpaired) electrons. The summed E-state index contributed by atoms with van der Waals surface area (Å²) < 4.78 is 0. The van der Waals surface area contributed by atoms with Gasteiger partial charge in [0.1, 0.15) is 0 Å². The molecule has 0 bridgehead atoms. The van der Waals surface area contributed by atoms with Crippen LogP contribution in [0.1, 0.15) is 39.0 Å². The smallest absolute Gasteiger partial charge is 0.318 e. The van der Waals surface area contributed by atoms with Crippen LogP contribution in [-0.2, 0) is 9.63 Å². The normalized spacial score (nSPS) is 16.5. The highest BCUT2D eigenvalue weighted by atomic mass is 16.7. The Morgan fingerprint density at radius 2 is 2.36 bits per heavy atom. The van der Waals surface area contributed by atoms with Crippen LogP contribution >= 0.6 is 0 Å². The fourth-order valence-corrected chi connectivity index (χ4v) is 1.06. The van der Waals surface area contributed by atoms with Crippen LogP contribution < -0.4 is 0 Å². The Kier molecular flexibility index (Phi) is 3.08. The van der Waals surface area contributed by atoms with E-state index in [4.69, 9.17) is 0 Å². The van der Waals surface area contributed by atoms with Crippen molar-refractivity contribution in [2.75, 3.05) is 0 Å². The average Bonchev–Trinajstić information content (AvgIpc) is 2.37. The standard InChI is InChI=1S/C8H13NO2/c1-2-3-4-5-7-6-8(10)11-9-7/h2-6H2,1H3. The first kappa shape index (κ1) is 8.24. The summed E-state index contributed by atoms with van der Waals surface area (Å²) in [7, 11) is 0. The molecule has 1 aliphatic rings. The fourth-order valence-electron chi connectivity index (χ4n) is 1.06. The Hall–Kier alpha value is -0.860. The van der Waals surface area contributed by atoms with Crippen LogP contribution in [0, 0.1) is 0 Å². The van der Waals surface area contributed by atoms with Gasteiger partial charge < -0.3 is 4.84 Å². The van der Waals surface area contributed by atoms with E-state index < -0.39 is 0 Å². The SMILES string of the molecule is CCCCCC1=NOC(=O)C1. The molecule has 0 aromatic heterocycles. The maximum absolute atomic E-state index is 10.5. The largest absolute Gasteiger partial charge is 0.340 e. The molecule has 62 valence electrons. The van der Waals surface area contributed by atoms with Gasteiger partial charge in [-0.3, -0.25) is 0 Å². The molecule has 3 heteroatoms. The summed E-state index contributed by atoms with van der Waals surface area (Å²) in [6.45, 7) is 2.15. The van der Waals surface area contributed by atoms with Crippen LogP contribution in [0.5, 0.6) is 0 Å². The molecule has 0 spiro atoms. The van der Waals surface area contributed by atoms with Gasteiger partial charge in [0.05, 0.1) is 12.1 Å². The molecule has 0 amide bonds. The summed E-state index contributed by atoms with van der Waals surface area (Å²) >= 11 is 0. The number of carbonyl (C=O) groups is 1. The van der Waals surface area contributed by atoms with Crippen LogP contribution in [0.3, 0.4) is 0 Å². The van der Waals surface area contributed by atoms with Crippen LogP contribution in [0.25, 0.3) is 0 Å². The number of oxime groups is 1. The van der Waals surface area contributed by atoms with E-state index in [1.807, 2.05) is 0 Å². The van der Waals surface area contributed by atoms with E-state index in [1.165, 1.54) is 12.8 Å². The Labute approximate surface area is 66.4 Å². The molecule has 0 aliphatic carbocycles. The van der Waals surface area contributed by atoms with Gasteiger partial charge in [0, 0.05) is 0 Å². The first-order valence-corrected chi connectivity index (χ1v) is 4.08. The Morgan fingerprint density at radius 1 is 1.55 bits per heavy atom. The number of hydrogen-bond donors (Lipinski definition) is 0. The third kappa shape index (κ3) is 2.70. The zero-order valence-electron chi connectivity index (χ0n) is 6.80. The van der Waals surface area contributed by atoms with E-state index in [0.717, 1.165) is 18.6 Å². The molecule has 1 heterocycles. The average molecular weight is 155 g/mol. The van der Waals surface area contributed by atoms with Crippen molar-refractivity contribution in [3.8, 4) is 0 Å². The third-order valence-corrected chi connectivity index (χ3v) is 1.69. The van der Waals surface area contributed by atoms with Crippen LogP contribution in [0.15, 0.2) is 5.16 Å². The highest BCUT2D eigenvalue weighted by Crippen LogP contribution is 2.09. The van der Waals surface area contributed by atoms with Gasteiger partial charge in [0.2, 0.25) is 0 Å². The first-order chi connectivity index (χ1) is 5.33. The molecular formula is C8H13NO2. The van der Waals surface area contributed by atoms with E-state index in [-0.39, 0.29) is 5.97 Å². The lowest BCUT2D eigenvalue weighted by Crippen LogP contribution is -1.98. The van der Waals surface area contributed by atoms with Gasteiger partial charge in [-0.25, -0.2) is 4.79 Å². The molecule has 3 nitrogen and oxygen atoms in total. The van der Waals surface area contributed by atoms with Crippen LogP contribution in [0.2, 0.25) is 0 Å². The maximum atomic E-state index is 10.5. The maximum Gasteiger partial charge on any atom is 0.340 e. The minimum Gasteiger partial charge on any atom is -0.318 e. The molecule has 11 heavy (non-hydrogen) atoms. The fraction of sp³-hybridized carbons (Fsp3) is 0.750. The highest BCUT2D eigenvalue weighted by molar-refractivity contribution is 6.01. The van der Waals surface area contributed by atoms with Gasteiger partial charge in [-0.1, -0.05) is 24.9 Å².